The minimum atomic E-state index is -0.309. The molecular formula is C10H20ClN3O2S. The van der Waals surface area contributed by atoms with E-state index in [0.717, 1.165) is 12.2 Å². The van der Waals surface area contributed by atoms with Gasteiger partial charge in [0.1, 0.15) is 0 Å². The second kappa shape index (κ2) is 7.79. The molecule has 1 rings (SSSR count). The Hall–Kier alpha value is -0.460. The van der Waals surface area contributed by atoms with Gasteiger partial charge in [-0.3, -0.25) is 9.59 Å². The molecule has 0 aliphatic carbocycles. The van der Waals surface area contributed by atoms with Crippen LogP contribution in [0.25, 0.3) is 0 Å². The molecule has 1 heterocycles. The van der Waals surface area contributed by atoms with E-state index >= 15 is 0 Å². The molecule has 0 aromatic rings. The van der Waals surface area contributed by atoms with Crippen molar-refractivity contribution in [1.82, 2.24) is 10.6 Å². The second-order valence-corrected chi connectivity index (χ2v) is 5.84. The van der Waals surface area contributed by atoms with Crippen LogP contribution >= 0.6 is 24.2 Å². The minimum Gasteiger partial charge on any atom is -0.353 e. The zero-order chi connectivity index (χ0) is 12.0. The Morgan fingerprint density at radius 1 is 1.35 bits per heavy atom. The van der Waals surface area contributed by atoms with E-state index in [1.165, 1.54) is 6.42 Å². The van der Waals surface area contributed by atoms with E-state index in [-0.39, 0.29) is 42.1 Å². The molecule has 7 heteroatoms. The standard InChI is InChI=1S/C10H19N3O2S.ClH/c1-10(3-2-4-16-10)7-13-9(15)6-12-8(14)5-11;/h2-7,11H2,1H3,(H,12,14)(H,13,15);1H. The molecule has 0 radical (unpaired) electrons. The van der Waals surface area contributed by atoms with Crippen molar-refractivity contribution in [3.63, 3.8) is 0 Å². The zero-order valence-electron chi connectivity index (χ0n) is 9.95. The number of nitrogens with one attached hydrogen (secondary N) is 2. The van der Waals surface area contributed by atoms with E-state index in [4.69, 9.17) is 5.73 Å². The molecule has 1 unspecified atom stereocenters. The molecule has 0 aromatic carbocycles. The van der Waals surface area contributed by atoms with E-state index in [0.29, 0.717) is 6.54 Å². The number of carbonyl (C=O) groups excluding carboxylic acids is 2. The Labute approximate surface area is 112 Å². The Morgan fingerprint density at radius 2 is 2.06 bits per heavy atom. The number of rotatable bonds is 5. The lowest BCUT2D eigenvalue weighted by molar-refractivity contribution is -0.125. The van der Waals surface area contributed by atoms with Gasteiger partial charge in [0.25, 0.3) is 0 Å². The molecule has 2 amide bonds. The van der Waals surface area contributed by atoms with Crippen LogP contribution in [-0.2, 0) is 9.59 Å². The van der Waals surface area contributed by atoms with Gasteiger partial charge < -0.3 is 16.4 Å². The van der Waals surface area contributed by atoms with Crippen LogP contribution in [0.1, 0.15) is 19.8 Å². The molecule has 1 aliphatic heterocycles. The molecule has 4 N–H and O–H groups in total. The number of nitrogens with two attached hydrogens (primary N) is 1. The molecule has 5 nitrogen and oxygen atoms in total. The largest absolute Gasteiger partial charge is 0.353 e. The number of hydrogen-bond acceptors (Lipinski definition) is 4. The van der Waals surface area contributed by atoms with E-state index < -0.39 is 0 Å². The summed E-state index contributed by atoms with van der Waals surface area (Å²) in [5.41, 5.74) is 5.11. The SMILES string of the molecule is CC1(CNC(=O)CNC(=O)CN)CCCS1.Cl. The predicted octanol–water partition coefficient (Wildman–Crippen LogP) is -0.115. The fraction of sp³-hybridized carbons (Fsp3) is 0.800. The van der Waals surface area contributed by atoms with Crippen LogP contribution in [0.4, 0.5) is 0 Å². The third-order valence-corrected chi connectivity index (χ3v) is 4.13. The molecule has 1 saturated heterocycles. The van der Waals surface area contributed by atoms with Gasteiger partial charge in [0.15, 0.2) is 0 Å². The van der Waals surface area contributed by atoms with Crippen molar-refractivity contribution in [1.29, 1.82) is 0 Å². The number of amides is 2. The first-order valence-electron chi connectivity index (χ1n) is 5.43. The van der Waals surface area contributed by atoms with Gasteiger partial charge in [-0.05, 0) is 25.5 Å². The van der Waals surface area contributed by atoms with Gasteiger partial charge in [0.2, 0.25) is 11.8 Å². The quantitative estimate of drug-likeness (QED) is 0.656. The topological polar surface area (TPSA) is 84.2 Å². The lowest BCUT2D eigenvalue weighted by atomic mass is 10.1. The van der Waals surface area contributed by atoms with Crippen molar-refractivity contribution >= 4 is 36.0 Å². The molecule has 17 heavy (non-hydrogen) atoms. The summed E-state index contributed by atoms with van der Waals surface area (Å²) >= 11 is 1.89. The lowest BCUT2D eigenvalue weighted by Gasteiger charge is -2.22. The fourth-order valence-corrected chi connectivity index (χ4v) is 2.82. The van der Waals surface area contributed by atoms with Crippen molar-refractivity contribution in [3.8, 4) is 0 Å². The number of carbonyl (C=O) groups is 2. The summed E-state index contributed by atoms with van der Waals surface area (Å²) in [4.78, 5) is 22.2. The van der Waals surface area contributed by atoms with Gasteiger partial charge in [0.05, 0.1) is 13.1 Å². The summed E-state index contributed by atoms with van der Waals surface area (Å²) in [6.07, 6.45) is 2.34. The Kier molecular flexibility index (Phi) is 7.58. The first-order valence-corrected chi connectivity index (χ1v) is 6.42. The zero-order valence-corrected chi connectivity index (χ0v) is 11.6. The highest BCUT2D eigenvalue weighted by Crippen LogP contribution is 2.36. The third-order valence-electron chi connectivity index (χ3n) is 2.59. The Morgan fingerprint density at radius 3 is 2.59 bits per heavy atom. The van der Waals surface area contributed by atoms with Crippen LogP contribution in [0, 0.1) is 0 Å². The van der Waals surface area contributed by atoms with Crippen LogP contribution in [0.5, 0.6) is 0 Å². The summed E-state index contributed by atoms with van der Waals surface area (Å²) in [5.74, 6) is 0.697. The predicted molar refractivity (Wildman–Crippen MR) is 72.4 cm³/mol. The van der Waals surface area contributed by atoms with E-state index in [1.807, 2.05) is 11.8 Å². The van der Waals surface area contributed by atoms with Gasteiger partial charge in [-0.15, -0.1) is 12.4 Å². The number of hydrogen-bond donors (Lipinski definition) is 3. The maximum Gasteiger partial charge on any atom is 0.239 e. The van der Waals surface area contributed by atoms with Crippen LogP contribution < -0.4 is 16.4 Å². The van der Waals surface area contributed by atoms with Crippen molar-refractivity contribution in [3.05, 3.63) is 0 Å². The molecule has 1 aliphatic rings. The first-order chi connectivity index (χ1) is 7.56. The van der Waals surface area contributed by atoms with Crippen molar-refractivity contribution in [2.24, 2.45) is 5.73 Å². The highest BCUT2D eigenvalue weighted by Gasteiger charge is 2.29. The molecule has 1 atom stereocenters. The van der Waals surface area contributed by atoms with Crippen molar-refractivity contribution in [2.75, 3.05) is 25.4 Å². The Bertz CT molecular complexity index is 270. The van der Waals surface area contributed by atoms with E-state index in [2.05, 4.69) is 17.6 Å². The van der Waals surface area contributed by atoms with Crippen molar-refractivity contribution in [2.45, 2.75) is 24.5 Å². The molecule has 0 bridgehead atoms. The van der Waals surface area contributed by atoms with Crippen LogP contribution in [0.15, 0.2) is 0 Å². The smallest absolute Gasteiger partial charge is 0.239 e. The van der Waals surface area contributed by atoms with Gasteiger partial charge in [0, 0.05) is 11.3 Å². The Balaban J connectivity index is 0.00000256. The molecular weight excluding hydrogens is 262 g/mol. The maximum atomic E-state index is 11.4. The lowest BCUT2D eigenvalue weighted by Crippen LogP contribution is -2.43. The van der Waals surface area contributed by atoms with Gasteiger partial charge in [-0.1, -0.05) is 0 Å². The number of thioether (sulfide) groups is 1. The molecule has 0 aromatic heterocycles. The second-order valence-electron chi connectivity index (χ2n) is 4.16. The first kappa shape index (κ1) is 16.5. The van der Waals surface area contributed by atoms with E-state index in [1.54, 1.807) is 0 Å². The van der Waals surface area contributed by atoms with Crippen LogP contribution in [-0.4, -0.2) is 41.9 Å². The maximum absolute atomic E-state index is 11.4. The van der Waals surface area contributed by atoms with Gasteiger partial charge >= 0.3 is 0 Å². The molecule has 100 valence electrons. The highest BCUT2D eigenvalue weighted by molar-refractivity contribution is 8.00. The molecule has 1 fully saturated rings. The minimum absolute atomic E-state index is 0. The average molecular weight is 282 g/mol. The molecule has 0 spiro atoms. The normalized spacial score (nSPS) is 22.7. The monoisotopic (exact) mass is 281 g/mol. The summed E-state index contributed by atoms with van der Waals surface area (Å²) in [6.45, 7) is 2.75. The van der Waals surface area contributed by atoms with Gasteiger partial charge in [-0.25, -0.2) is 0 Å². The summed E-state index contributed by atoms with van der Waals surface area (Å²) in [6, 6.07) is 0. The third kappa shape index (κ3) is 6.14. The van der Waals surface area contributed by atoms with Crippen LogP contribution in [0.2, 0.25) is 0 Å². The van der Waals surface area contributed by atoms with E-state index in [9.17, 15) is 9.59 Å². The van der Waals surface area contributed by atoms with Crippen molar-refractivity contribution < 1.29 is 9.59 Å². The van der Waals surface area contributed by atoms with Gasteiger partial charge in [-0.2, -0.15) is 11.8 Å². The van der Waals surface area contributed by atoms with Crippen LogP contribution in [0.3, 0.4) is 0 Å². The summed E-state index contributed by atoms with van der Waals surface area (Å²) in [7, 11) is 0. The fourth-order valence-electron chi connectivity index (χ4n) is 1.58. The summed E-state index contributed by atoms with van der Waals surface area (Å²) < 4.78 is 0.160. The average Bonchev–Trinajstić information content (AvgIpc) is 2.71. The summed E-state index contributed by atoms with van der Waals surface area (Å²) in [5, 5.41) is 5.27. The number of halogens is 1. The molecule has 0 saturated carbocycles. The highest BCUT2D eigenvalue weighted by atomic mass is 35.5.